The number of anilines is 1. The van der Waals surface area contributed by atoms with Gasteiger partial charge in [0.15, 0.2) is 0 Å². The zero-order chi connectivity index (χ0) is 15.5. The molecule has 0 aliphatic heterocycles. The van der Waals surface area contributed by atoms with E-state index in [0.29, 0.717) is 5.41 Å². The summed E-state index contributed by atoms with van der Waals surface area (Å²) in [4.78, 5) is 0. The van der Waals surface area contributed by atoms with Gasteiger partial charge in [-0.25, -0.2) is 0 Å². The molecule has 0 atom stereocenters. The minimum Gasteiger partial charge on any atom is -0.380 e. The van der Waals surface area contributed by atoms with Crippen LogP contribution >= 0.6 is 0 Å². The van der Waals surface area contributed by atoms with Gasteiger partial charge < -0.3 is 5.32 Å². The molecule has 118 valence electrons. The van der Waals surface area contributed by atoms with Crippen molar-refractivity contribution in [1.29, 1.82) is 0 Å². The van der Waals surface area contributed by atoms with Crippen molar-refractivity contribution in [2.75, 3.05) is 5.32 Å². The number of hydrogen-bond donors (Lipinski definition) is 1. The van der Waals surface area contributed by atoms with E-state index in [9.17, 15) is 0 Å². The van der Waals surface area contributed by atoms with Crippen LogP contribution in [0.2, 0.25) is 0 Å². The standard InChI is InChI=1S/C20H33N/c1-6-19(5,7-2)21-18-14-12-17(13-15-18)20(8-3,9-4)16-10-11-16/h12-16,21H,6-11H2,1-5H3. The first-order valence-electron chi connectivity index (χ1n) is 8.92. The molecule has 0 bridgehead atoms. The molecule has 1 aliphatic carbocycles. The Labute approximate surface area is 131 Å². The first-order valence-corrected chi connectivity index (χ1v) is 8.92. The van der Waals surface area contributed by atoms with Gasteiger partial charge in [-0.3, -0.25) is 0 Å². The molecule has 1 aromatic carbocycles. The third-order valence-corrected chi connectivity index (χ3v) is 6.09. The average Bonchev–Trinajstić information content (AvgIpc) is 3.36. The quantitative estimate of drug-likeness (QED) is 0.605. The van der Waals surface area contributed by atoms with Crippen molar-refractivity contribution in [3.05, 3.63) is 29.8 Å². The van der Waals surface area contributed by atoms with Crippen LogP contribution in [-0.2, 0) is 5.41 Å². The van der Waals surface area contributed by atoms with Gasteiger partial charge in [0.2, 0.25) is 0 Å². The molecule has 0 saturated heterocycles. The predicted molar refractivity (Wildman–Crippen MR) is 94.0 cm³/mol. The Bertz CT molecular complexity index is 433. The molecule has 0 aromatic heterocycles. The van der Waals surface area contributed by atoms with E-state index in [1.54, 1.807) is 5.56 Å². The lowest BCUT2D eigenvalue weighted by Crippen LogP contribution is -2.33. The second kappa shape index (κ2) is 6.42. The van der Waals surface area contributed by atoms with Gasteiger partial charge in [0.05, 0.1) is 0 Å². The number of rotatable bonds is 8. The highest BCUT2D eigenvalue weighted by molar-refractivity contribution is 5.48. The van der Waals surface area contributed by atoms with Crippen LogP contribution in [0, 0.1) is 5.92 Å². The van der Waals surface area contributed by atoms with Crippen molar-refractivity contribution in [2.24, 2.45) is 5.92 Å². The molecule has 1 heteroatoms. The Morgan fingerprint density at radius 2 is 1.43 bits per heavy atom. The summed E-state index contributed by atoms with van der Waals surface area (Å²) in [7, 11) is 0. The van der Waals surface area contributed by atoms with E-state index in [-0.39, 0.29) is 5.54 Å². The van der Waals surface area contributed by atoms with Crippen LogP contribution < -0.4 is 5.32 Å². The number of benzene rings is 1. The van der Waals surface area contributed by atoms with Crippen molar-refractivity contribution in [1.82, 2.24) is 0 Å². The minimum absolute atomic E-state index is 0.213. The van der Waals surface area contributed by atoms with Gasteiger partial charge in [-0.2, -0.15) is 0 Å². The van der Waals surface area contributed by atoms with Gasteiger partial charge in [-0.05, 0) is 74.5 Å². The summed E-state index contributed by atoms with van der Waals surface area (Å²) >= 11 is 0. The molecule has 1 N–H and O–H groups in total. The third-order valence-electron chi connectivity index (χ3n) is 6.09. The van der Waals surface area contributed by atoms with Gasteiger partial charge in [0.25, 0.3) is 0 Å². The summed E-state index contributed by atoms with van der Waals surface area (Å²) in [5, 5.41) is 3.71. The monoisotopic (exact) mass is 287 g/mol. The molecule has 1 aliphatic rings. The Morgan fingerprint density at radius 3 is 1.81 bits per heavy atom. The highest BCUT2D eigenvalue weighted by Crippen LogP contribution is 2.51. The van der Waals surface area contributed by atoms with Crippen LogP contribution in [-0.4, -0.2) is 5.54 Å². The maximum atomic E-state index is 3.71. The maximum Gasteiger partial charge on any atom is 0.0344 e. The average molecular weight is 287 g/mol. The predicted octanol–water partition coefficient (Wildman–Crippen LogP) is 6.15. The van der Waals surface area contributed by atoms with E-state index in [1.165, 1.54) is 31.4 Å². The van der Waals surface area contributed by atoms with Crippen molar-refractivity contribution in [3.8, 4) is 0 Å². The molecule has 0 heterocycles. The first-order chi connectivity index (χ1) is 10.0. The third kappa shape index (κ3) is 3.27. The smallest absolute Gasteiger partial charge is 0.0344 e. The van der Waals surface area contributed by atoms with Crippen molar-refractivity contribution in [2.45, 2.75) is 84.1 Å². The second-order valence-corrected chi connectivity index (χ2v) is 7.11. The normalized spacial score (nSPS) is 16.0. The molecule has 0 spiro atoms. The Kier molecular flexibility index (Phi) is 5.01. The summed E-state index contributed by atoms with van der Waals surface area (Å²) in [5.41, 5.74) is 3.46. The molecule has 1 fully saturated rings. The number of hydrogen-bond acceptors (Lipinski definition) is 1. The lowest BCUT2D eigenvalue weighted by atomic mass is 9.72. The Morgan fingerprint density at radius 1 is 0.905 bits per heavy atom. The van der Waals surface area contributed by atoms with Crippen LogP contribution in [0.4, 0.5) is 5.69 Å². The molecular weight excluding hydrogens is 254 g/mol. The van der Waals surface area contributed by atoms with Gasteiger partial charge in [0.1, 0.15) is 0 Å². The molecule has 2 rings (SSSR count). The summed E-state index contributed by atoms with van der Waals surface area (Å²) < 4.78 is 0. The van der Waals surface area contributed by atoms with Crippen LogP contribution in [0.5, 0.6) is 0 Å². The van der Waals surface area contributed by atoms with Crippen molar-refractivity contribution in [3.63, 3.8) is 0 Å². The minimum atomic E-state index is 0.213. The van der Waals surface area contributed by atoms with Crippen LogP contribution in [0.25, 0.3) is 0 Å². The lowest BCUT2D eigenvalue weighted by Gasteiger charge is -2.34. The fraction of sp³-hybridized carbons (Fsp3) is 0.700. The molecule has 0 unspecified atom stereocenters. The molecule has 1 saturated carbocycles. The summed E-state index contributed by atoms with van der Waals surface area (Å²) in [6.07, 6.45) is 7.68. The molecule has 1 nitrogen and oxygen atoms in total. The second-order valence-electron chi connectivity index (χ2n) is 7.11. The lowest BCUT2D eigenvalue weighted by molar-refractivity contribution is 0.342. The zero-order valence-electron chi connectivity index (χ0n) is 14.6. The van der Waals surface area contributed by atoms with Crippen LogP contribution in [0.1, 0.15) is 78.7 Å². The van der Waals surface area contributed by atoms with E-state index in [4.69, 9.17) is 0 Å². The van der Waals surface area contributed by atoms with E-state index in [1.807, 2.05) is 0 Å². The highest BCUT2D eigenvalue weighted by Gasteiger charge is 2.43. The van der Waals surface area contributed by atoms with Gasteiger partial charge in [0, 0.05) is 11.2 Å². The van der Waals surface area contributed by atoms with Gasteiger partial charge >= 0.3 is 0 Å². The summed E-state index contributed by atoms with van der Waals surface area (Å²) in [6, 6.07) is 9.33. The van der Waals surface area contributed by atoms with E-state index in [2.05, 4.69) is 64.2 Å². The molecule has 0 amide bonds. The fourth-order valence-corrected chi connectivity index (χ4v) is 3.77. The zero-order valence-corrected chi connectivity index (χ0v) is 14.6. The Balaban J connectivity index is 2.18. The van der Waals surface area contributed by atoms with E-state index < -0.39 is 0 Å². The summed E-state index contributed by atoms with van der Waals surface area (Å²) in [5.74, 6) is 0.919. The largest absolute Gasteiger partial charge is 0.380 e. The fourth-order valence-electron chi connectivity index (χ4n) is 3.77. The van der Waals surface area contributed by atoms with Crippen LogP contribution in [0.3, 0.4) is 0 Å². The van der Waals surface area contributed by atoms with Crippen molar-refractivity contribution < 1.29 is 0 Å². The molecule has 21 heavy (non-hydrogen) atoms. The SMILES string of the molecule is CCC(C)(CC)Nc1ccc(C(CC)(CC)C2CC2)cc1. The van der Waals surface area contributed by atoms with Crippen molar-refractivity contribution >= 4 is 5.69 Å². The molecule has 0 radical (unpaired) electrons. The topological polar surface area (TPSA) is 12.0 Å². The number of nitrogens with one attached hydrogen (secondary N) is 1. The molecule has 1 aromatic rings. The van der Waals surface area contributed by atoms with E-state index >= 15 is 0 Å². The van der Waals surface area contributed by atoms with E-state index in [0.717, 1.165) is 18.8 Å². The Hall–Kier alpha value is -0.980. The molecular formula is C20H33N. The van der Waals surface area contributed by atoms with Crippen LogP contribution in [0.15, 0.2) is 24.3 Å². The first kappa shape index (κ1) is 16.4. The maximum absolute atomic E-state index is 3.71. The van der Waals surface area contributed by atoms with Gasteiger partial charge in [-0.1, -0.05) is 39.8 Å². The highest BCUT2D eigenvalue weighted by atomic mass is 15.0. The summed E-state index contributed by atoms with van der Waals surface area (Å²) in [6.45, 7) is 11.6. The van der Waals surface area contributed by atoms with Gasteiger partial charge in [-0.15, -0.1) is 0 Å².